The van der Waals surface area contributed by atoms with E-state index in [0.29, 0.717) is 12.8 Å². The van der Waals surface area contributed by atoms with Gasteiger partial charge in [-0.15, -0.1) is 0 Å². The average Bonchev–Trinajstić information content (AvgIpc) is 2.95. The van der Waals surface area contributed by atoms with E-state index in [4.69, 9.17) is 40.1 Å². The van der Waals surface area contributed by atoms with Gasteiger partial charge >= 0.3 is 29.8 Å². The first-order chi connectivity index (χ1) is 19.8. The summed E-state index contributed by atoms with van der Waals surface area (Å²) < 4.78 is 9.74. The molecule has 0 spiro atoms. The molecule has 0 rings (SSSR count). The quantitative estimate of drug-likeness (QED) is 0.0668. The Bertz CT molecular complexity index is 767. The number of aliphatic carboxylic acids is 3. The highest BCUT2D eigenvalue weighted by atomic mass is 16.7. The van der Waals surface area contributed by atoms with Gasteiger partial charge in [0.05, 0.1) is 19.8 Å². The summed E-state index contributed by atoms with van der Waals surface area (Å²) in [6.45, 7) is 23.8. The van der Waals surface area contributed by atoms with Crippen molar-refractivity contribution in [1.82, 2.24) is 0 Å². The Balaban J connectivity index is -0.000000152. The third kappa shape index (κ3) is 35.9. The van der Waals surface area contributed by atoms with Crippen LogP contribution in [0.25, 0.3) is 0 Å². The van der Waals surface area contributed by atoms with E-state index in [1.807, 2.05) is 6.92 Å². The average molecular weight is 619 g/mol. The Morgan fingerprint density at radius 2 is 0.953 bits per heavy atom. The molecule has 0 aliphatic carbocycles. The zero-order chi connectivity index (χ0) is 35.2. The Kier molecular flexibility index (Phi) is 34.9. The van der Waals surface area contributed by atoms with Crippen LogP contribution in [-0.2, 0) is 33.4 Å². The van der Waals surface area contributed by atoms with Gasteiger partial charge in [0.25, 0.3) is 0 Å². The standard InChI is InChI=1S/C12H18O4.C6H14O3.3C4H6O2/c1-4-7-8-9-12(15-10(13)5-2)16-11(14)6-3;1-2-6(3-7,4-8)5-9;3*1-3(2)4(5)6/h5-6,12H,2-4,7-9H2,1H3;7-9H,2-5H2,1H3;3*1H2,2H3,(H,5,6). The topological polar surface area (TPSA) is 225 Å². The van der Waals surface area contributed by atoms with Gasteiger partial charge in [-0.3, -0.25) is 0 Å². The lowest BCUT2D eigenvalue weighted by atomic mass is 9.88. The van der Waals surface area contributed by atoms with Crippen LogP contribution in [0.4, 0.5) is 0 Å². The van der Waals surface area contributed by atoms with E-state index < -0.39 is 41.6 Å². The third-order valence-corrected chi connectivity index (χ3v) is 4.72. The second-order valence-corrected chi connectivity index (χ2v) is 8.79. The number of rotatable bonds is 15. The normalized spacial score (nSPS) is 9.23. The number of esters is 2. The molecule has 0 saturated carbocycles. The minimum absolute atomic E-state index is 0.156. The summed E-state index contributed by atoms with van der Waals surface area (Å²) in [6, 6.07) is 0. The van der Waals surface area contributed by atoms with Crippen molar-refractivity contribution in [3.8, 4) is 0 Å². The zero-order valence-electron chi connectivity index (χ0n) is 26.0. The monoisotopic (exact) mass is 618 g/mol. The molecule has 0 bridgehead atoms. The molecule has 0 saturated heterocycles. The van der Waals surface area contributed by atoms with Crippen LogP contribution in [0.1, 0.15) is 66.7 Å². The van der Waals surface area contributed by atoms with Crippen LogP contribution in [0.3, 0.4) is 0 Å². The number of carboxylic acids is 3. The molecule has 248 valence electrons. The highest BCUT2D eigenvalue weighted by Gasteiger charge is 2.24. The third-order valence-electron chi connectivity index (χ3n) is 4.72. The van der Waals surface area contributed by atoms with Crippen LogP contribution in [0, 0.1) is 5.41 Å². The van der Waals surface area contributed by atoms with Gasteiger partial charge in [-0.05, 0) is 33.6 Å². The predicted molar refractivity (Wildman–Crippen MR) is 162 cm³/mol. The first kappa shape index (κ1) is 48.6. The van der Waals surface area contributed by atoms with E-state index in [1.165, 1.54) is 20.8 Å². The van der Waals surface area contributed by atoms with Crippen molar-refractivity contribution in [1.29, 1.82) is 0 Å². The Hall–Kier alpha value is -4.07. The number of aliphatic hydroxyl groups excluding tert-OH is 3. The molecular formula is C30H50O13. The fourth-order valence-corrected chi connectivity index (χ4v) is 1.54. The van der Waals surface area contributed by atoms with Crippen molar-refractivity contribution in [2.45, 2.75) is 73.0 Å². The number of carbonyl (C=O) groups is 5. The maximum atomic E-state index is 11.0. The van der Waals surface area contributed by atoms with Crippen molar-refractivity contribution in [2.75, 3.05) is 19.8 Å². The SMILES string of the molecule is C=C(C)C(=O)O.C=C(C)C(=O)O.C=C(C)C(=O)O.C=CC(=O)OC(CCCCC)OC(=O)C=C.CCC(CO)(CO)CO. The second-order valence-electron chi connectivity index (χ2n) is 8.79. The smallest absolute Gasteiger partial charge is 0.333 e. The van der Waals surface area contributed by atoms with Crippen molar-refractivity contribution in [2.24, 2.45) is 5.41 Å². The Labute approximate surface area is 254 Å². The number of unbranched alkanes of at least 4 members (excludes halogenated alkanes) is 2. The van der Waals surface area contributed by atoms with Crippen molar-refractivity contribution in [3.63, 3.8) is 0 Å². The van der Waals surface area contributed by atoms with E-state index in [0.717, 1.165) is 31.4 Å². The van der Waals surface area contributed by atoms with Crippen molar-refractivity contribution < 1.29 is 64.1 Å². The molecule has 0 aromatic rings. The van der Waals surface area contributed by atoms with Gasteiger partial charge in [-0.2, -0.15) is 0 Å². The summed E-state index contributed by atoms with van der Waals surface area (Å²) in [5.74, 6) is -4.00. The number of hydrogen-bond donors (Lipinski definition) is 6. The van der Waals surface area contributed by atoms with E-state index >= 15 is 0 Å². The predicted octanol–water partition coefficient (Wildman–Crippen LogP) is 3.65. The second kappa shape index (κ2) is 30.9. The molecule has 13 nitrogen and oxygen atoms in total. The summed E-state index contributed by atoms with van der Waals surface area (Å²) in [4.78, 5) is 50.7. The van der Waals surface area contributed by atoms with Crippen LogP contribution in [0.15, 0.2) is 61.8 Å². The minimum Gasteiger partial charge on any atom is -0.478 e. The van der Waals surface area contributed by atoms with E-state index in [1.54, 1.807) is 0 Å². The molecule has 0 aromatic heterocycles. The first-order valence-electron chi connectivity index (χ1n) is 13.0. The van der Waals surface area contributed by atoms with E-state index in [-0.39, 0.29) is 36.5 Å². The first-order valence-corrected chi connectivity index (χ1v) is 13.0. The molecule has 0 radical (unpaired) electrons. The number of hydrogen-bond acceptors (Lipinski definition) is 10. The van der Waals surface area contributed by atoms with Gasteiger partial charge in [0, 0.05) is 40.7 Å². The summed E-state index contributed by atoms with van der Waals surface area (Å²) in [7, 11) is 0. The summed E-state index contributed by atoms with van der Waals surface area (Å²) in [5, 5.41) is 49.6. The van der Waals surface area contributed by atoms with Crippen LogP contribution in [-0.4, -0.2) is 86.6 Å². The van der Waals surface area contributed by atoms with E-state index in [9.17, 15) is 24.0 Å². The molecular weight excluding hydrogens is 568 g/mol. The fourth-order valence-electron chi connectivity index (χ4n) is 1.54. The maximum Gasteiger partial charge on any atom is 0.333 e. The Morgan fingerprint density at radius 1 is 0.674 bits per heavy atom. The van der Waals surface area contributed by atoms with Crippen LogP contribution in [0.2, 0.25) is 0 Å². The van der Waals surface area contributed by atoms with Gasteiger partial charge in [0.1, 0.15) is 0 Å². The van der Waals surface area contributed by atoms with Gasteiger partial charge in [-0.25, -0.2) is 24.0 Å². The molecule has 43 heavy (non-hydrogen) atoms. The molecule has 6 N–H and O–H groups in total. The highest BCUT2D eigenvalue weighted by Crippen LogP contribution is 2.18. The number of carbonyl (C=O) groups excluding carboxylic acids is 2. The van der Waals surface area contributed by atoms with Crippen molar-refractivity contribution in [3.05, 3.63) is 61.8 Å². The molecule has 0 heterocycles. The van der Waals surface area contributed by atoms with Gasteiger partial charge in [0.15, 0.2) is 0 Å². The molecule has 0 aliphatic rings. The van der Waals surface area contributed by atoms with Gasteiger partial charge in [-0.1, -0.05) is 59.6 Å². The zero-order valence-corrected chi connectivity index (χ0v) is 26.0. The molecule has 0 aliphatic heterocycles. The van der Waals surface area contributed by atoms with E-state index in [2.05, 4.69) is 39.8 Å². The lowest BCUT2D eigenvalue weighted by Gasteiger charge is -2.24. The van der Waals surface area contributed by atoms with Gasteiger partial charge in [0.2, 0.25) is 6.29 Å². The molecule has 13 heteroatoms. The minimum atomic E-state index is -0.935. The summed E-state index contributed by atoms with van der Waals surface area (Å²) >= 11 is 0. The number of carboxylic acid groups (broad SMARTS) is 3. The van der Waals surface area contributed by atoms with Crippen molar-refractivity contribution >= 4 is 29.8 Å². The fraction of sp³-hybridized carbons (Fsp3) is 0.500. The molecule has 0 aromatic carbocycles. The maximum absolute atomic E-state index is 11.0. The van der Waals surface area contributed by atoms with Crippen LogP contribution >= 0.6 is 0 Å². The lowest BCUT2D eigenvalue weighted by molar-refractivity contribution is -0.182. The summed E-state index contributed by atoms with van der Waals surface area (Å²) in [5.41, 5.74) is -0.139. The molecule has 0 fully saturated rings. The number of ether oxygens (including phenoxy) is 2. The Morgan fingerprint density at radius 3 is 1.09 bits per heavy atom. The number of aliphatic hydroxyl groups is 3. The largest absolute Gasteiger partial charge is 0.478 e. The van der Waals surface area contributed by atoms with Crippen LogP contribution in [0.5, 0.6) is 0 Å². The summed E-state index contributed by atoms with van der Waals surface area (Å²) in [6.07, 6.45) is 5.18. The molecule has 0 atom stereocenters. The lowest BCUT2D eigenvalue weighted by Crippen LogP contribution is -2.32. The molecule has 0 amide bonds. The van der Waals surface area contributed by atoms with Crippen LogP contribution < -0.4 is 0 Å². The highest BCUT2D eigenvalue weighted by molar-refractivity contribution is 5.85. The van der Waals surface area contributed by atoms with Gasteiger partial charge < -0.3 is 40.1 Å². The molecule has 0 unspecified atom stereocenters.